The number of ether oxygens (including phenoxy) is 1. The Kier molecular flexibility index (Phi) is 5.05. The van der Waals surface area contributed by atoms with Crippen molar-refractivity contribution in [1.29, 1.82) is 0 Å². The lowest BCUT2D eigenvalue weighted by atomic mass is 10.2. The molecule has 80 valence electrons. The van der Waals surface area contributed by atoms with Crippen molar-refractivity contribution in [1.82, 2.24) is 0 Å². The summed E-state index contributed by atoms with van der Waals surface area (Å²) in [4.78, 5) is 0.946. The van der Waals surface area contributed by atoms with Crippen molar-refractivity contribution < 1.29 is 4.74 Å². The van der Waals surface area contributed by atoms with Crippen LogP contribution in [0.5, 0.6) is 5.75 Å². The lowest BCUT2D eigenvalue weighted by molar-refractivity contribution is 0.355. The standard InChI is InChI=1S/C13H16OS/c1-3-5-11(4-2)10-14-12-6-8-13(15)9-7-12/h3-9,15H,10H2,1-2H3/b5-3-,11-4+. The first-order valence-corrected chi connectivity index (χ1v) is 5.40. The van der Waals surface area contributed by atoms with E-state index in [1.165, 1.54) is 5.57 Å². The van der Waals surface area contributed by atoms with Gasteiger partial charge in [0.1, 0.15) is 12.4 Å². The van der Waals surface area contributed by atoms with Crippen molar-refractivity contribution in [2.45, 2.75) is 18.7 Å². The lowest BCUT2D eigenvalue weighted by Crippen LogP contribution is -1.98. The fraction of sp³-hybridized carbons (Fsp3) is 0.231. The smallest absolute Gasteiger partial charge is 0.119 e. The Morgan fingerprint density at radius 2 is 1.93 bits per heavy atom. The van der Waals surface area contributed by atoms with Crippen LogP contribution in [0.15, 0.2) is 53.0 Å². The summed E-state index contributed by atoms with van der Waals surface area (Å²) in [5.74, 6) is 0.872. The Morgan fingerprint density at radius 1 is 1.27 bits per heavy atom. The SMILES string of the molecule is C/C=C\C(=C/C)COc1ccc(S)cc1. The van der Waals surface area contributed by atoms with E-state index in [9.17, 15) is 0 Å². The maximum atomic E-state index is 5.61. The fourth-order valence-corrected chi connectivity index (χ4v) is 1.30. The highest BCUT2D eigenvalue weighted by molar-refractivity contribution is 7.80. The predicted octanol–water partition coefficient (Wildman–Crippen LogP) is 3.88. The van der Waals surface area contributed by atoms with Crippen molar-refractivity contribution in [2.75, 3.05) is 6.61 Å². The van der Waals surface area contributed by atoms with Crippen LogP contribution in [0.2, 0.25) is 0 Å². The van der Waals surface area contributed by atoms with Gasteiger partial charge in [-0.15, -0.1) is 12.6 Å². The summed E-state index contributed by atoms with van der Waals surface area (Å²) in [6, 6.07) is 7.68. The van der Waals surface area contributed by atoms with Gasteiger partial charge >= 0.3 is 0 Å². The van der Waals surface area contributed by atoms with Gasteiger partial charge in [0.05, 0.1) is 0 Å². The molecule has 0 N–H and O–H groups in total. The van der Waals surface area contributed by atoms with Crippen molar-refractivity contribution in [3.05, 3.63) is 48.1 Å². The number of rotatable bonds is 4. The predicted molar refractivity (Wildman–Crippen MR) is 67.8 cm³/mol. The maximum absolute atomic E-state index is 5.61. The quantitative estimate of drug-likeness (QED) is 0.598. The molecule has 0 atom stereocenters. The summed E-state index contributed by atoms with van der Waals surface area (Å²) in [6.07, 6.45) is 6.11. The number of hydrogen-bond acceptors (Lipinski definition) is 2. The highest BCUT2D eigenvalue weighted by Crippen LogP contribution is 2.15. The molecule has 0 bridgehead atoms. The van der Waals surface area contributed by atoms with Crippen LogP contribution in [0.25, 0.3) is 0 Å². The Labute approximate surface area is 96.9 Å². The molecule has 0 aromatic heterocycles. The molecule has 1 aromatic rings. The summed E-state index contributed by atoms with van der Waals surface area (Å²) >= 11 is 4.21. The third-order valence-corrected chi connectivity index (χ3v) is 2.29. The molecule has 0 unspecified atom stereocenters. The molecule has 0 spiro atoms. The zero-order valence-corrected chi connectivity index (χ0v) is 10.00. The van der Waals surface area contributed by atoms with E-state index in [1.807, 2.05) is 56.3 Å². The zero-order valence-electron chi connectivity index (χ0n) is 9.10. The molecule has 0 radical (unpaired) electrons. The Bertz CT molecular complexity index is 349. The minimum atomic E-state index is 0.604. The number of thiol groups is 1. The van der Waals surface area contributed by atoms with Crippen LogP contribution in [-0.4, -0.2) is 6.61 Å². The molecule has 0 amide bonds. The molecule has 0 aliphatic heterocycles. The molecule has 0 heterocycles. The lowest BCUT2D eigenvalue weighted by Gasteiger charge is -2.06. The van der Waals surface area contributed by atoms with E-state index in [0.717, 1.165) is 10.6 Å². The van der Waals surface area contributed by atoms with Crippen molar-refractivity contribution >= 4 is 12.6 Å². The van der Waals surface area contributed by atoms with Crippen LogP contribution in [0.3, 0.4) is 0 Å². The maximum Gasteiger partial charge on any atom is 0.119 e. The van der Waals surface area contributed by atoms with E-state index in [4.69, 9.17) is 4.74 Å². The number of allylic oxidation sites excluding steroid dienone is 2. The third-order valence-electron chi connectivity index (χ3n) is 1.99. The van der Waals surface area contributed by atoms with Gasteiger partial charge in [0.15, 0.2) is 0 Å². The second kappa shape index (κ2) is 6.36. The monoisotopic (exact) mass is 220 g/mol. The largest absolute Gasteiger partial charge is 0.489 e. The average molecular weight is 220 g/mol. The van der Waals surface area contributed by atoms with Gasteiger partial charge in [-0.1, -0.05) is 18.2 Å². The van der Waals surface area contributed by atoms with E-state index in [1.54, 1.807) is 0 Å². The number of benzene rings is 1. The first kappa shape index (κ1) is 11.9. The Balaban J connectivity index is 2.53. The van der Waals surface area contributed by atoms with E-state index >= 15 is 0 Å². The molecule has 1 nitrogen and oxygen atoms in total. The molecule has 0 saturated carbocycles. The van der Waals surface area contributed by atoms with Crippen molar-refractivity contribution in [2.24, 2.45) is 0 Å². The highest BCUT2D eigenvalue weighted by atomic mass is 32.1. The second-order valence-electron chi connectivity index (χ2n) is 3.15. The first-order chi connectivity index (χ1) is 7.26. The van der Waals surface area contributed by atoms with E-state index in [2.05, 4.69) is 12.6 Å². The second-order valence-corrected chi connectivity index (χ2v) is 3.66. The molecule has 1 rings (SSSR count). The molecule has 0 aliphatic rings. The van der Waals surface area contributed by atoms with Crippen LogP contribution in [0.1, 0.15) is 13.8 Å². The Hall–Kier alpha value is -1.15. The molecular weight excluding hydrogens is 204 g/mol. The van der Waals surface area contributed by atoms with Gasteiger partial charge in [0, 0.05) is 4.90 Å². The fourth-order valence-electron chi connectivity index (χ4n) is 1.15. The van der Waals surface area contributed by atoms with Crippen LogP contribution in [0, 0.1) is 0 Å². The van der Waals surface area contributed by atoms with Crippen LogP contribution in [-0.2, 0) is 0 Å². The van der Waals surface area contributed by atoms with Crippen LogP contribution in [0.4, 0.5) is 0 Å². The van der Waals surface area contributed by atoms with Gasteiger partial charge in [0.25, 0.3) is 0 Å². The summed E-state index contributed by atoms with van der Waals surface area (Å²) < 4.78 is 5.61. The molecule has 0 saturated heterocycles. The van der Waals surface area contributed by atoms with Crippen LogP contribution < -0.4 is 4.74 Å². The van der Waals surface area contributed by atoms with E-state index in [0.29, 0.717) is 6.61 Å². The normalized spacial score (nSPS) is 12.1. The summed E-state index contributed by atoms with van der Waals surface area (Å²) in [5.41, 5.74) is 1.17. The molecule has 1 aromatic carbocycles. The van der Waals surface area contributed by atoms with Gasteiger partial charge < -0.3 is 4.74 Å². The zero-order chi connectivity index (χ0) is 11.1. The van der Waals surface area contributed by atoms with Gasteiger partial charge in [-0.25, -0.2) is 0 Å². The number of hydrogen-bond donors (Lipinski definition) is 1. The highest BCUT2D eigenvalue weighted by Gasteiger charge is 1.94. The van der Waals surface area contributed by atoms with Gasteiger partial charge in [0.2, 0.25) is 0 Å². The van der Waals surface area contributed by atoms with Gasteiger partial charge in [-0.2, -0.15) is 0 Å². The van der Waals surface area contributed by atoms with E-state index < -0.39 is 0 Å². The molecular formula is C13H16OS. The van der Waals surface area contributed by atoms with E-state index in [-0.39, 0.29) is 0 Å². The Morgan fingerprint density at radius 3 is 2.47 bits per heavy atom. The average Bonchev–Trinajstić information content (AvgIpc) is 2.26. The molecule has 0 aliphatic carbocycles. The summed E-state index contributed by atoms with van der Waals surface area (Å²) in [6.45, 7) is 4.61. The minimum Gasteiger partial charge on any atom is -0.489 e. The topological polar surface area (TPSA) is 9.23 Å². The molecule has 15 heavy (non-hydrogen) atoms. The van der Waals surface area contributed by atoms with Crippen molar-refractivity contribution in [3.8, 4) is 5.75 Å². The van der Waals surface area contributed by atoms with Crippen LogP contribution >= 0.6 is 12.6 Å². The third kappa shape index (κ3) is 4.26. The van der Waals surface area contributed by atoms with Gasteiger partial charge in [-0.3, -0.25) is 0 Å². The summed E-state index contributed by atoms with van der Waals surface area (Å²) in [5, 5.41) is 0. The van der Waals surface area contributed by atoms with Gasteiger partial charge in [-0.05, 0) is 43.7 Å². The first-order valence-electron chi connectivity index (χ1n) is 4.96. The molecule has 0 fully saturated rings. The summed E-state index contributed by atoms with van der Waals surface area (Å²) in [7, 11) is 0. The minimum absolute atomic E-state index is 0.604. The van der Waals surface area contributed by atoms with Crippen molar-refractivity contribution in [3.63, 3.8) is 0 Å². The molecule has 2 heteroatoms.